The third-order valence-electron chi connectivity index (χ3n) is 4.27. The fraction of sp³-hybridized carbons (Fsp3) is 0.350. The second kappa shape index (κ2) is 9.54. The van der Waals surface area contributed by atoms with Gasteiger partial charge in [-0.15, -0.1) is 0 Å². The Morgan fingerprint density at radius 1 is 1.07 bits per heavy atom. The molecule has 0 aliphatic rings. The topological polar surface area (TPSA) is 66.9 Å². The van der Waals surface area contributed by atoms with Crippen LogP contribution in [0.3, 0.4) is 0 Å². The molecule has 0 saturated heterocycles. The smallest absolute Gasteiger partial charge is 0.232 e. The van der Waals surface area contributed by atoms with Crippen molar-refractivity contribution in [1.82, 2.24) is 4.90 Å². The van der Waals surface area contributed by atoms with Crippen molar-refractivity contribution in [1.29, 1.82) is 0 Å². The molecular formula is C20H25FN2O4S. The normalized spacial score (nSPS) is 11.1. The highest BCUT2D eigenvalue weighted by Crippen LogP contribution is 2.19. The van der Waals surface area contributed by atoms with E-state index in [2.05, 4.69) is 0 Å². The maximum atomic E-state index is 13.1. The highest BCUT2D eigenvalue weighted by Gasteiger charge is 2.18. The molecule has 0 unspecified atom stereocenters. The lowest BCUT2D eigenvalue weighted by Gasteiger charge is -2.23. The van der Waals surface area contributed by atoms with Gasteiger partial charge < -0.3 is 9.64 Å². The second-order valence-corrected chi connectivity index (χ2v) is 8.42. The Kier molecular flexibility index (Phi) is 7.39. The molecule has 0 aliphatic heterocycles. The third kappa shape index (κ3) is 6.23. The molecule has 0 aliphatic carbocycles. The number of methoxy groups -OCH3 is 1. The Bertz CT molecular complexity index is 883. The molecule has 28 heavy (non-hydrogen) atoms. The van der Waals surface area contributed by atoms with Gasteiger partial charge in [-0.2, -0.15) is 0 Å². The van der Waals surface area contributed by atoms with E-state index in [1.165, 1.54) is 28.6 Å². The van der Waals surface area contributed by atoms with Crippen molar-refractivity contribution in [3.63, 3.8) is 0 Å². The molecule has 2 aromatic carbocycles. The molecule has 0 radical (unpaired) electrons. The van der Waals surface area contributed by atoms with Gasteiger partial charge in [0.25, 0.3) is 0 Å². The number of amides is 1. The summed E-state index contributed by atoms with van der Waals surface area (Å²) in [5.74, 6) is 0.232. The largest absolute Gasteiger partial charge is 0.497 e. The molecule has 0 heterocycles. The second-order valence-electron chi connectivity index (χ2n) is 6.51. The number of carbonyl (C=O) groups excluding carboxylic acids is 1. The molecule has 0 bridgehead atoms. The number of rotatable bonds is 9. The zero-order valence-corrected chi connectivity index (χ0v) is 17.1. The van der Waals surface area contributed by atoms with Gasteiger partial charge in [0.15, 0.2) is 0 Å². The van der Waals surface area contributed by atoms with Crippen molar-refractivity contribution in [2.45, 2.75) is 19.4 Å². The third-order valence-corrected chi connectivity index (χ3v) is 5.47. The first kappa shape index (κ1) is 21.7. The quantitative estimate of drug-likeness (QED) is 0.640. The van der Waals surface area contributed by atoms with Gasteiger partial charge in [0.2, 0.25) is 15.9 Å². The molecule has 0 fully saturated rings. The van der Waals surface area contributed by atoms with E-state index in [4.69, 9.17) is 4.74 Å². The summed E-state index contributed by atoms with van der Waals surface area (Å²) in [7, 11) is -0.227. The van der Waals surface area contributed by atoms with E-state index in [0.717, 1.165) is 17.6 Å². The van der Waals surface area contributed by atoms with E-state index in [9.17, 15) is 17.6 Å². The van der Waals surface area contributed by atoms with Crippen LogP contribution in [0.1, 0.15) is 18.4 Å². The summed E-state index contributed by atoms with van der Waals surface area (Å²) in [6, 6.07) is 12.7. The molecule has 0 N–H and O–H groups in total. The molecule has 0 spiro atoms. The maximum Gasteiger partial charge on any atom is 0.232 e. The van der Waals surface area contributed by atoms with Gasteiger partial charge in [-0.25, -0.2) is 12.8 Å². The predicted octanol–water partition coefficient (Wildman–Crippen LogP) is 3.04. The van der Waals surface area contributed by atoms with Crippen molar-refractivity contribution in [3.8, 4) is 5.75 Å². The van der Waals surface area contributed by atoms with Gasteiger partial charge >= 0.3 is 0 Å². The van der Waals surface area contributed by atoms with Crippen LogP contribution in [0.4, 0.5) is 10.1 Å². The first-order chi connectivity index (χ1) is 13.2. The van der Waals surface area contributed by atoms with E-state index < -0.39 is 15.8 Å². The standard InChI is InChI=1S/C20H25FN2O4S/c1-22(15-16-6-12-19(27-2)13-7-16)20(24)5-4-14-23(28(3,25)26)18-10-8-17(21)9-11-18/h6-13H,4-5,14-15H2,1-3H3. The lowest BCUT2D eigenvalue weighted by atomic mass is 10.2. The molecule has 2 rings (SSSR count). The molecule has 0 atom stereocenters. The molecule has 8 heteroatoms. The summed E-state index contributed by atoms with van der Waals surface area (Å²) in [4.78, 5) is 14.0. The molecule has 1 amide bonds. The van der Waals surface area contributed by atoms with Crippen molar-refractivity contribution in [2.75, 3.05) is 31.3 Å². The number of hydrogen-bond donors (Lipinski definition) is 0. The van der Waals surface area contributed by atoms with Gasteiger partial charge in [0.05, 0.1) is 19.1 Å². The van der Waals surface area contributed by atoms with Crippen LogP contribution in [0.25, 0.3) is 0 Å². The fourth-order valence-electron chi connectivity index (χ4n) is 2.75. The van der Waals surface area contributed by atoms with Crippen LogP contribution in [0.2, 0.25) is 0 Å². The van der Waals surface area contributed by atoms with Crippen LogP contribution >= 0.6 is 0 Å². The van der Waals surface area contributed by atoms with Crippen molar-refractivity contribution in [2.24, 2.45) is 0 Å². The lowest BCUT2D eigenvalue weighted by Crippen LogP contribution is -2.32. The van der Waals surface area contributed by atoms with Crippen LogP contribution < -0.4 is 9.04 Å². The van der Waals surface area contributed by atoms with Crippen molar-refractivity contribution in [3.05, 3.63) is 59.9 Å². The Morgan fingerprint density at radius 2 is 1.68 bits per heavy atom. The molecule has 0 saturated carbocycles. The Labute approximate surface area is 165 Å². The van der Waals surface area contributed by atoms with Crippen LogP contribution in [-0.2, 0) is 21.4 Å². The lowest BCUT2D eigenvalue weighted by molar-refractivity contribution is -0.130. The number of nitrogens with zero attached hydrogens (tertiary/aromatic N) is 2. The number of halogens is 1. The summed E-state index contributed by atoms with van der Waals surface area (Å²) in [5, 5.41) is 0. The van der Waals surface area contributed by atoms with E-state index in [-0.39, 0.29) is 18.9 Å². The average molecular weight is 408 g/mol. The summed E-state index contributed by atoms with van der Waals surface area (Å²) < 4.78 is 43.5. The number of carbonyl (C=O) groups is 1. The molecular weight excluding hydrogens is 383 g/mol. The number of sulfonamides is 1. The van der Waals surface area contributed by atoms with Gasteiger partial charge in [0.1, 0.15) is 11.6 Å². The first-order valence-corrected chi connectivity index (χ1v) is 10.7. The SMILES string of the molecule is COc1ccc(CN(C)C(=O)CCCN(c2ccc(F)cc2)S(C)(=O)=O)cc1. The summed E-state index contributed by atoms with van der Waals surface area (Å²) >= 11 is 0. The average Bonchev–Trinajstić information content (AvgIpc) is 2.65. The van der Waals surface area contributed by atoms with Gasteiger partial charge in [0, 0.05) is 26.6 Å². The van der Waals surface area contributed by atoms with Gasteiger partial charge in [-0.1, -0.05) is 12.1 Å². The zero-order valence-electron chi connectivity index (χ0n) is 16.3. The van der Waals surface area contributed by atoms with E-state index in [0.29, 0.717) is 18.7 Å². The van der Waals surface area contributed by atoms with Crippen LogP contribution in [0.5, 0.6) is 5.75 Å². The minimum atomic E-state index is -3.53. The maximum absolute atomic E-state index is 13.1. The predicted molar refractivity (Wildman–Crippen MR) is 107 cm³/mol. The minimum absolute atomic E-state index is 0.0802. The van der Waals surface area contributed by atoms with Crippen LogP contribution in [0.15, 0.2) is 48.5 Å². The van der Waals surface area contributed by atoms with Crippen LogP contribution in [0, 0.1) is 5.82 Å². The van der Waals surface area contributed by atoms with Crippen molar-refractivity contribution < 1.29 is 22.3 Å². The number of hydrogen-bond acceptors (Lipinski definition) is 4. The van der Waals surface area contributed by atoms with E-state index in [1.54, 1.807) is 19.1 Å². The van der Waals surface area contributed by atoms with Gasteiger partial charge in [-0.05, 0) is 48.4 Å². The van der Waals surface area contributed by atoms with Crippen LogP contribution in [-0.4, -0.2) is 46.2 Å². The summed E-state index contributed by atoms with van der Waals surface area (Å²) in [6.07, 6.45) is 1.66. The number of anilines is 1. The van der Waals surface area contributed by atoms with E-state index in [1.807, 2.05) is 24.3 Å². The van der Waals surface area contributed by atoms with Crippen molar-refractivity contribution >= 4 is 21.6 Å². The number of ether oxygens (including phenoxy) is 1. The highest BCUT2D eigenvalue weighted by atomic mass is 32.2. The number of benzene rings is 2. The Balaban J connectivity index is 1.91. The Hall–Kier alpha value is -2.61. The summed E-state index contributed by atoms with van der Waals surface area (Å²) in [6.45, 7) is 0.600. The monoisotopic (exact) mass is 408 g/mol. The first-order valence-electron chi connectivity index (χ1n) is 8.81. The zero-order chi connectivity index (χ0) is 20.7. The molecule has 0 aromatic heterocycles. The van der Waals surface area contributed by atoms with Gasteiger partial charge in [-0.3, -0.25) is 9.10 Å². The van der Waals surface area contributed by atoms with E-state index >= 15 is 0 Å². The summed E-state index contributed by atoms with van der Waals surface area (Å²) in [5.41, 5.74) is 1.35. The fourth-order valence-corrected chi connectivity index (χ4v) is 3.72. The Morgan fingerprint density at radius 3 is 2.21 bits per heavy atom. The molecule has 2 aromatic rings. The minimum Gasteiger partial charge on any atom is -0.497 e. The molecule has 6 nitrogen and oxygen atoms in total. The molecule has 152 valence electrons. The highest BCUT2D eigenvalue weighted by molar-refractivity contribution is 7.92.